The van der Waals surface area contributed by atoms with Crippen molar-refractivity contribution in [3.63, 3.8) is 0 Å². The highest BCUT2D eigenvalue weighted by Gasteiger charge is 2.10. The Hall–Kier alpha value is -1.92. The van der Waals surface area contributed by atoms with E-state index in [1.807, 2.05) is 18.2 Å². The first-order valence-electron chi connectivity index (χ1n) is 6.88. The average molecular weight is 330 g/mol. The zero-order valence-electron chi connectivity index (χ0n) is 11.7. The number of aromatic nitrogens is 2. The molecule has 2 aromatic heterocycles. The molecule has 0 radical (unpaired) electrons. The number of nitrogens with zero attached hydrogens (tertiary/aromatic N) is 2. The van der Waals surface area contributed by atoms with Crippen LogP contribution in [0.5, 0.6) is 0 Å². The molecule has 2 heterocycles. The Morgan fingerprint density at radius 3 is 2.82 bits per heavy atom. The van der Waals surface area contributed by atoms with E-state index in [1.165, 1.54) is 10.4 Å². The number of thioether (sulfide) groups is 1. The van der Waals surface area contributed by atoms with E-state index in [0.29, 0.717) is 6.42 Å². The largest absolute Gasteiger partial charge is 0.481 e. The van der Waals surface area contributed by atoms with Crippen LogP contribution in [0.2, 0.25) is 0 Å². The molecule has 0 saturated carbocycles. The van der Waals surface area contributed by atoms with Crippen LogP contribution in [-0.2, 0) is 4.79 Å². The lowest BCUT2D eigenvalue weighted by molar-refractivity contribution is -0.137. The van der Waals surface area contributed by atoms with Crippen molar-refractivity contribution in [1.29, 1.82) is 0 Å². The third-order valence-electron chi connectivity index (χ3n) is 3.12. The molecule has 0 aliphatic carbocycles. The molecule has 3 aromatic rings. The Morgan fingerprint density at radius 1 is 1.23 bits per heavy atom. The number of carboxylic acid groups (broad SMARTS) is 1. The van der Waals surface area contributed by atoms with E-state index in [0.717, 1.165) is 21.0 Å². The summed E-state index contributed by atoms with van der Waals surface area (Å²) in [5, 5.41) is 10.7. The zero-order chi connectivity index (χ0) is 15.4. The summed E-state index contributed by atoms with van der Waals surface area (Å²) in [6.45, 7) is 0. The minimum Gasteiger partial charge on any atom is -0.481 e. The smallest absolute Gasteiger partial charge is 0.303 e. The number of fused-ring (bicyclic) bond motifs is 1. The van der Waals surface area contributed by atoms with E-state index in [-0.39, 0.29) is 6.42 Å². The third-order valence-corrected chi connectivity index (χ3v) is 5.31. The van der Waals surface area contributed by atoms with Gasteiger partial charge in [0.1, 0.15) is 16.2 Å². The van der Waals surface area contributed by atoms with Gasteiger partial charge in [0.05, 0.1) is 0 Å². The van der Waals surface area contributed by atoms with Crippen molar-refractivity contribution >= 4 is 39.3 Å². The van der Waals surface area contributed by atoms with Crippen molar-refractivity contribution in [2.75, 3.05) is 5.75 Å². The number of carboxylic acids is 1. The molecule has 22 heavy (non-hydrogen) atoms. The van der Waals surface area contributed by atoms with Crippen LogP contribution in [0.25, 0.3) is 20.7 Å². The second-order valence-corrected chi connectivity index (χ2v) is 6.83. The standard InChI is InChI=1S/C16H14N2O2S2/c19-14(20)7-4-8-21-15-12-9-13(11-5-2-1-3-6-11)22-16(12)18-10-17-15/h1-3,5-6,9-10H,4,7-8H2,(H,19,20). The van der Waals surface area contributed by atoms with Crippen LogP contribution >= 0.6 is 23.1 Å². The molecular weight excluding hydrogens is 316 g/mol. The maximum Gasteiger partial charge on any atom is 0.303 e. The van der Waals surface area contributed by atoms with Gasteiger partial charge < -0.3 is 5.11 Å². The molecule has 0 aliphatic heterocycles. The van der Waals surface area contributed by atoms with Gasteiger partial charge in [-0.1, -0.05) is 30.3 Å². The molecule has 4 nitrogen and oxygen atoms in total. The third kappa shape index (κ3) is 3.45. The highest BCUT2D eigenvalue weighted by atomic mass is 32.2. The fraction of sp³-hybridized carbons (Fsp3) is 0.188. The number of thiophene rings is 1. The fourth-order valence-electron chi connectivity index (χ4n) is 2.09. The first-order valence-corrected chi connectivity index (χ1v) is 8.69. The zero-order valence-corrected chi connectivity index (χ0v) is 13.4. The van der Waals surface area contributed by atoms with Crippen LogP contribution < -0.4 is 0 Å². The van der Waals surface area contributed by atoms with Crippen LogP contribution in [0.1, 0.15) is 12.8 Å². The molecule has 1 aromatic carbocycles. The molecule has 0 atom stereocenters. The highest BCUT2D eigenvalue weighted by molar-refractivity contribution is 7.99. The number of rotatable bonds is 6. The van der Waals surface area contributed by atoms with E-state index in [1.54, 1.807) is 29.4 Å². The van der Waals surface area contributed by atoms with Crippen molar-refractivity contribution in [3.8, 4) is 10.4 Å². The van der Waals surface area contributed by atoms with Gasteiger partial charge >= 0.3 is 5.97 Å². The maximum absolute atomic E-state index is 10.6. The fourth-order valence-corrected chi connectivity index (χ4v) is 4.07. The van der Waals surface area contributed by atoms with Gasteiger partial charge in [-0.05, 0) is 18.1 Å². The van der Waals surface area contributed by atoms with E-state index in [4.69, 9.17) is 5.11 Å². The van der Waals surface area contributed by atoms with E-state index >= 15 is 0 Å². The summed E-state index contributed by atoms with van der Waals surface area (Å²) in [6.07, 6.45) is 2.41. The summed E-state index contributed by atoms with van der Waals surface area (Å²) in [4.78, 5) is 21.4. The van der Waals surface area contributed by atoms with Gasteiger partial charge in [0, 0.05) is 22.4 Å². The van der Waals surface area contributed by atoms with Gasteiger partial charge in [0.2, 0.25) is 0 Å². The molecule has 1 N–H and O–H groups in total. The second-order valence-electron chi connectivity index (χ2n) is 4.72. The van der Waals surface area contributed by atoms with Crippen molar-refractivity contribution in [2.45, 2.75) is 17.9 Å². The van der Waals surface area contributed by atoms with Crippen LogP contribution in [0.3, 0.4) is 0 Å². The molecule has 0 spiro atoms. The topological polar surface area (TPSA) is 63.1 Å². The van der Waals surface area contributed by atoms with Crippen LogP contribution in [0.4, 0.5) is 0 Å². The van der Waals surface area contributed by atoms with Crippen molar-refractivity contribution in [1.82, 2.24) is 9.97 Å². The Balaban J connectivity index is 1.83. The quantitative estimate of drug-likeness (QED) is 0.414. The first-order chi connectivity index (χ1) is 10.7. The molecule has 112 valence electrons. The van der Waals surface area contributed by atoms with Gasteiger partial charge in [-0.15, -0.1) is 23.1 Å². The molecule has 0 aliphatic rings. The lowest BCUT2D eigenvalue weighted by atomic mass is 10.2. The van der Waals surface area contributed by atoms with E-state index < -0.39 is 5.97 Å². The van der Waals surface area contributed by atoms with Crippen LogP contribution in [0, 0.1) is 0 Å². The number of carbonyl (C=O) groups is 1. The SMILES string of the molecule is O=C(O)CCCSc1ncnc2sc(-c3ccccc3)cc12. The van der Waals surface area contributed by atoms with Crippen molar-refractivity contribution < 1.29 is 9.90 Å². The molecule has 0 amide bonds. The number of aliphatic carboxylic acids is 1. The van der Waals surface area contributed by atoms with Crippen molar-refractivity contribution in [2.24, 2.45) is 0 Å². The summed E-state index contributed by atoms with van der Waals surface area (Å²) >= 11 is 3.24. The summed E-state index contributed by atoms with van der Waals surface area (Å²) in [5.74, 6) is -0.00935. The van der Waals surface area contributed by atoms with Gasteiger partial charge in [-0.3, -0.25) is 4.79 Å². The predicted molar refractivity (Wildman–Crippen MR) is 90.4 cm³/mol. The summed E-state index contributed by atoms with van der Waals surface area (Å²) in [5.41, 5.74) is 1.17. The molecule has 3 rings (SSSR count). The Labute approximate surface area is 136 Å². The molecule has 6 heteroatoms. The molecule has 0 unspecified atom stereocenters. The maximum atomic E-state index is 10.6. The van der Waals surface area contributed by atoms with E-state index in [9.17, 15) is 4.79 Å². The highest BCUT2D eigenvalue weighted by Crippen LogP contribution is 2.36. The molecule has 0 saturated heterocycles. The molecule has 0 bridgehead atoms. The van der Waals surface area contributed by atoms with Gasteiger partial charge in [-0.25, -0.2) is 9.97 Å². The Bertz CT molecular complexity index is 787. The van der Waals surface area contributed by atoms with Crippen LogP contribution in [0.15, 0.2) is 47.8 Å². The second kappa shape index (κ2) is 6.89. The lowest BCUT2D eigenvalue weighted by Gasteiger charge is -2.00. The van der Waals surface area contributed by atoms with Crippen LogP contribution in [-0.4, -0.2) is 26.8 Å². The number of hydrogen-bond donors (Lipinski definition) is 1. The number of benzene rings is 1. The Morgan fingerprint density at radius 2 is 2.05 bits per heavy atom. The summed E-state index contributed by atoms with van der Waals surface area (Å²) < 4.78 is 0. The minimum atomic E-state index is -0.754. The molecular formula is C16H14N2O2S2. The lowest BCUT2D eigenvalue weighted by Crippen LogP contribution is -1.95. The molecule has 0 fully saturated rings. The first kappa shape index (κ1) is 15.0. The van der Waals surface area contributed by atoms with Gasteiger partial charge in [0.25, 0.3) is 0 Å². The number of hydrogen-bond acceptors (Lipinski definition) is 5. The average Bonchev–Trinajstić information content (AvgIpc) is 2.97. The van der Waals surface area contributed by atoms with Crippen molar-refractivity contribution in [3.05, 3.63) is 42.7 Å². The predicted octanol–water partition coefficient (Wildman–Crippen LogP) is 4.32. The summed E-state index contributed by atoms with van der Waals surface area (Å²) in [7, 11) is 0. The monoisotopic (exact) mass is 330 g/mol. The normalized spacial score (nSPS) is 10.9. The summed E-state index contributed by atoms with van der Waals surface area (Å²) in [6, 6.07) is 12.3. The minimum absolute atomic E-state index is 0.195. The van der Waals surface area contributed by atoms with Gasteiger partial charge in [0.15, 0.2) is 0 Å². The van der Waals surface area contributed by atoms with Gasteiger partial charge in [-0.2, -0.15) is 0 Å². The van der Waals surface area contributed by atoms with E-state index in [2.05, 4.69) is 28.2 Å². The Kier molecular flexibility index (Phi) is 4.70.